The Bertz CT molecular complexity index is 575. The highest BCUT2D eigenvalue weighted by molar-refractivity contribution is 5.92. The van der Waals surface area contributed by atoms with E-state index in [1.807, 2.05) is 0 Å². The lowest BCUT2D eigenvalue weighted by atomic mass is 9.89. The summed E-state index contributed by atoms with van der Waals surface area (Å²) in [6, 6.07) is 5.58. The number of likely N-dealkylation sites (tertiary alicyclic amines) is 1. The number of hydrogen-bond donors (Lipinski definition) is 2. The molecule has 0 bridgehead atoms. The third-order valence-corrected chi connectivity index (χ3v) is 3.27. The number of ether oxygens (including phenoxy) is 1. The molecule has 0 aromatic heterocycles. The summed E-state index contributed by atoms with van der Waals surface area (Å²) < 4.78 is 18.1. The molecule has 0 spiro atoms. The number of anilines is 1. The van der Waals surface area contributed by atoms with Crippen molar-refractivity contribution >= 4 is 17.7 Å². The number of nitrogens with zero attached hydrogens (tertiary/aromatic N) is 1. The topological polar surface area (TPSA) is 84.7 Å². The van der Waals surface area contributed by atoms with Gasteiger partial charge in [-0.1, -0.05) is 0 Å². The van der Waals surface area contributed by atoms with Gasteiger partial charge in [0.15, 0.2) is 5.54 Å². The molecule has 0 unspecified atom stereocenters. The summed E-state index contributed by atoms with van der Waals surface area (Å²) >= 11 is 0. The van der Waals surface area contributed by atoms with Gasteiger partial charge in [0.1, 0.15) is 11.4 Å². The van der Waals surface area contributed by atoms with E-state index in [4.69, 9.17) is 10.5 Å². The Morgan fingerprint density at radius 1 is 1.27 bits per heavy atom. The van der Waals surface area contributed by atoms with E-state index in [-0.39, 0.29) is 18.9 Å². The van der Waals surface area contributed by atoms with Crippen LogP contribution < -0.4 is 11.1 Å². The fraction of sp³-hybridized carbons (Fsp3) is 0.467. The second-order valence-electron chi connectivity index (χ2n) is 6.41. The monoisotopic (exact) mass is 309 g/mol. The quantitative estimate of drug-likeness (QED) is 0.890. The summed E-state index contributed by atoms with van der Waals surface area (Å²) in [5.74, 6) is -0.945. The molecule has 1 aliphatic heterocycles. The summed E-state index contributed by atoms with van der Waals surface area (Å²) in [5.41, 5.74) is 4.34. The third-order valence-electron chi connectivity index (χ3n) is 3.27. The van der Waals surface area contributed by atoms with Crippen molar-refractivity contribution in [2.45, 2.75) is 31.9 Å². The van der Waals surface area contributed by atoms with Crippen molar-refractivity contribution in [2.75, 3.05) is 18.4 Å². The maximum absolute atomic E-state index is 12.9. The molecule has 2 rings (SSSR count). The van der Waals surface area contributed by atoms with E-state index in [9.17, 15) is 14.0 Å². The summed E-state index contributed by atoms with van der Waals surface area (Å²) in [5, 5.41) is 2.98. The van der Waals surface area contributed by atoms with Gasteiger partial charge in [0.05, 0.1) is 13.1 Å². The van der Waals surface area contributed by atoms with E-state index in [0.29, 0.717) is 5.69 Å². The number of carbonyl (C=O) groups excluding carboxylic acids is 2. The van der Waals surface area contributed by atoms with Gasteiger partial charge in [-0.15, -0.1) is 0 Å². The molecule has 120 valence electrons. The molecule has 1 fully saturated rings. The van der Waals surface area contributed by atoms with Crippen LogP contribution in [-0.2, 0) is 9.53 Å². The minimum absolute atomic E-state index is 0.106. The molecule has 7 heteroatoms. The number of carbonyl (C=O) groups is 2. The van der Waals surface area contributed by atoms with Crippen molar-refractivity contribution < 1.29 is 18.7 Å². The number of halogens is 1. The molecular weight excluding hydrogens is 289 g/mol. The van der Waals surface area contributed by atoms with E-state index < -0.39 is 23.1 Å². The summed E-state index contributed by atoms with van der Waals surface area (Å²) in [7, 11) is 0. The number of amides is 2. The Hall–Kier alpha value is -2.31. The van der Waals surface area contributed by atoms with Crippen molar-refractivity contribution in [3.8, 4) is 0 Å². The highest BCUT2D eigenvalue weighted by Gasteiger charge is 2.51. The molecule has 1 aromatic rings. The molecule has 1 aromatic carbocycles. The van der Waals surface area contributed by atoms with E-state index in [2.05, 4.69) is 5.32 Å². The van der Waals surface area contributed by atoms with Crippen molar-refractivity contribution in [1.29, 1.82) is 0 Å². The fourth-order valence-corrected chi connectivity index (χ4v) is 2.17. The Morgan fingerprint density at radius 2 is 1.82 bits per heavy atom. The molecular formula is C15H20FN3O3. The second kappa shape index (κ2) is 5.47. The van der Waals surface area contributed by atoms with Gasteiger partial charge in [-0.25, -0.2) is 9.18 Å². The molecule has 1 saturated heterocycles. The average molecular weight is 309 g/mol. The SMILES string of the molecule is CC(C)(C)OC(=O)N1CC(Nc2ccc(F)cc2)(C(N)=O)C1. The summed E-state index contributed by atoms with van der Waals surface area (Å²) in [6.45, 7) is 5.51. The predicted octanol–water partition coefficient (Wildman–Crippen LogP) is 1.71. The zero-order valence-corrected chi connectivity index (χ0v) is 12.9. The highest BCUT2D eigenvalue weighted by Crippen LogP contribution is 2.27. The van der Waals surface area contributed by atoms with Gasteiger partial charge in [0.2, 0.25) is 5.91 Å². The normalized spacial score (nSPS) is 16.6. The lowest BCUT2D eigenvalue weighted by Gasteiger charge is -2.48. The molecule has 3 N–H and O–H groups in total. The van der Waals surface area contributed by atoms with Crippen LogP contribution in [0, 0.1) is 5.82 Å². The third kappa shape index (κ3) is 3.47. The first kappa shape index (κ1) is 16.1. The number of primary amides is 1. The maximum atomic E-state index is 12.9. The first-order valence-electron chi connectivity index (χ1n) is 6.93. The summed E-state index contributed by atoms with van der Waals surface area (Å²) in [4.78, 5) is 25.1. The first-order valence-corrected chi connectivity index (χ1v) is 6.93. The van der Waals surface area contributed by atoms with Crippen LogP contribution >= 0.6 is 0 Å². The maximum Gasteiger partial charge on any atom is 0.410 e. The zero-order chi connectivity index (χ0) is 16.5. The smallest absolute Gasteiger partial charge is 0.410 e. The van der Waals surface area contributed by atoms with E-state index in [0.717, 1.165) is 0 Å². The molecule has 2 amide bonds. The highest BCUT2D eigenvalue weighted by atomic mass is 19.1. The van der Waals surface area contributed by atoms with Crippen LogP contribution in [0.1, 0.15) is 20.8 Å². The molecule has 1 heterocycles. The second-order valence-corrected chi connectivity index (χ2v) is 6.41. The predicted molar refractivity (Wildman–Crippen MR) is 79.8 cm³/mol. The van der Waals surface area contributed by atoms with Crippen molar-refractivity contribution in [3.63, 3.8) is 0 Å². The standard InChI is InChI=1S/C15H20FN3O3/c1-14(2,3)22-13(21)19-8-15(9-19,12(17)20)18-11-6-4-10(16)5-7-11/h4-7,18H,8-9H2,1-3H3,(H2,17,20). The lowest BCUT2D eigenvalue weighted by molar-refractivity contribution is -0.127. The molecule has 0 aliphatic carbocycles. The number of nitrogens with two attached hydrogens (primary N) is 1. The summed E-state index contributed by atoms with van der Waals surface area (Å²) in [6.07, 6.45) is -0.495. The number of nitrogens with one attached hydrogen (secondary N) is 1. The van der Waals surface area contributed by atoms with Crippen molar-refractivity contribution in [1.82, 2.24) is 4.90 Å². The van der Waals surface area contributed by atoms with Crippen LogP contribution in [0.3, 0.4) is 0 Å². The van der Waals surface area contributed by atoms with Crippen LogP contribution in [0.4, 0.5) is 14.9 Å². The molecule has 6 nitrogen and oxygen atoms in total. The van der Waals surface area contributed by atoms with Crippen LogP contribution in [-0.4, -0.2) is 41.1 Å². The Labute approximate surface area is 128 Å². The van der Waals surface area contributed by atoms with Crippen molar-refractivity contribution in [2.24, 2.45) is 5.73 Å². The van der Waals surface area contributed by atoms with Crippen molar-refractivity contribution in [3.05, 3.63) is 30.1 Å². The van der Waals surface area contributed by atoms with E-state index in [1.165, 1.54) is 29.2 Å². The Kier molecular flexibility index (Phi) is 4.00. The molecule has 0 atom stereocenters. The van der Waals surface area contributed by atoms with Gasteiger partial charge in [0.25, 0.3) is 0 Å². The van der Waals surface area contributed by atoms with Gasteiger partial charge in [-0.05, 0) is 45.0 Å². The van der Waals surface area contributed by atoms with Crippen LogP contribution in [0.5, 0.6) is 0 Å². The minimum Gasteiger partial charge on any atom is -0.444 e. The number of benzene rings is 1. The Balaban J connectivity index is 2.03. The van der Waals surface area contributed by atoms with E-state index >= 15 is 0 Å². The minimum atomic E-state index is -1.06. The molecule has 0 radical (unpaired) electrons. The van der Waals surface area contributed by atoms with Gasteiger partial charge in [-0.3, -0.25) is 4.79 Å². The lowest BCUT2D eigenvalue weighted by Crippen LogP contribution is -2.73. The van der Waals surface area contributed by atoms with Gasteiger partial charge < -0.3 is 20.7 Å². The number of hydrogen-bond acceptors (Lipinski definition) is 4. The first-order chi connectivity index (χ1) is 10.1. The van der Waals surface area contributed by atoms with E-state index in [1.54, 1.807) is 20.8 Å². The van der Waals surface area contributed by atoms with Gasteiger partial charge >= 0.3 is 6.09 Å². The fourth-order valence-electron chi connectivity index (χ4n) is 2.17. The largest absolute Gasteiger partial charge is 0.444 e. The number of rotatable bonds is 3. The molecule has 0 saturated carbocycles. The Morgan fingerprint density at radius 3 is 2.27 bits per heavy atom. The van der Waals surface area contributed by atoms with Crippen LogP contribution in [0.15, 0.2) is 24.3 Å². The molecule has 22 heavy (non-hydrogen) atoms. The van der Waals surface area contributed by atoms with Gasteiger partial charge in [0, 0.05) is 5.69 Å². The average Bonchev–Trinajstić information content (AvgIpc) is 2.32. The van der Waals surface area contributed by atoms with Crippen LogP contribution in [0.25, 0.3) is 0 Å². The van der Waals surface area contributed by atoms with Gasteiger partial charge in [-0.2, -0.15) is 0 Å². The molecule has 1 aliphatic rings. The van der Waals surface area contributed by atoms with Crippen LogP contribution in [0.2, 0.25) is 0 Å². The zero-order valence-electron chi connectivity index (χ0n) is 12.9.